The molecule has 0 saturated heterocycles. The Morgan fingerprint density at radius 3 is 1.97 bits per heavy atom. The highest BCUT2D eigenvalue weighted by Crippen LogP contribution is 2.50. The second-order valence-corrected chi connectivity index (χ2v) is 16.3. The smallest absolute Gasteiger partial charge is 0.268 e. The van der Waals surface area contributed by atoms with E-state index in [0.29, 0.717) is 22.3 Å². The lowest BCUT2D eigenvalue weighted by molar-refractivity contribution is 0.660. The van der Waals surface area contributed by atoms with Gasteiger partial charge in [-0.1, -0.05) is 129 Å². The second kappa shape index (κ2) is 12.8. The number of nitrogens with zero attached hydrogens (tertiary/aromatic N) is 5. The molecule has 11 aromatic rings. The van der Waals surface area contributed by atoms with Crippen molar-refractivity contribution in [2.75, 3.05) is 4.90 Å². The van der Waals surface area contributed by atoms with Gasteiger partial charge in [0.25, 0.3) is 5.56 Å². The summed E-state index contributed by atoms with van der Waals surface area (Å²) in [7, 11) is 0. The molecule has 0 aliphatic heterocycles. The molecule has 6 heteroatoms. The summed E-state index contributed by atoms with van der Waals surface area (Å²) in [4.78, 5) is 26.5. The quantitative estimate of drug-likeness (QED) is 0.129. The van der Waals surface area contributed by atoms with Gasteiger partial charge < -0.3 is 4.90 Å². The molecule has 0 fully saturated rings. The van der Waals surface area contributed by atoms with E-state index < -0.39 is 0 Å². The summed E-state index contributed by atoms with van der Waals surface area (Å²) < 4.78 is 3.77. The Kier molecular flexibility index (Phi) is 7.32. The standard InChI is InChI=1S/C54H37N5O/c1-54(2)45-20-9-6-17-41(45)42-29-28-40(33-46(42)54)57(39-16-12-15-36(31-39)34-13-4-3-5-14-34)38-26-23-35(24-27-38)37-25-30-48-50(32-37)58-49-22-11-8-19-44(49)51-55-47-21-10-7-18-43(47)52(60)59(51)53(58)56-48/h3-33H,1-2H3. The summed E-state index contributed by atoms with van der Waals surface area (Å²) >= 11 is 0. The molecule has 3 aromatic heterocycles. The predicted octanol–water partition coefficient (Wildman–Crippen LogP) is 12.9. The van der Waals surface area contributed by atoms with Gasteiger partial charge in [0.15, 0.2) is 5.65 Å². The van der Waals surface area contributed by atoms with E-state index in [9.17, 15) is 4.79 Å². The van der Waals surface area contributed by atoms with Crippen LogP contribution in [0.2, 0.25) is 0 Å². The maximum atomic E-state index is 14.1. The SMILES string of the molecule is CC1(C)c2ccccc2-c2ccc(N(c3ccc(-c4ccc5nc6n7c(=O)c8ccccc8nc7c7ccccc7n6c5c4)cc3)c3cccc(-c4ccccc4)c3)cc21. The molecule has 12 rings (SSSR count). The van der Waals surface area contributed by atoms with Crippen LogP contribution in [-0.4, -0.2) is 18.8 Å². The van der Waals surface area contributed by atoms with Crippen LogP contribution in [-0.2, 0) is 5.41 Å². The van der Waals surface area contributed by atoms with Gasteiger partial charge in [0.05, 0.1) is 27.5 Å². The number of anilines is 3. The van der Waals surface area contributed by atoms with Crippen LogP contribution in [0.1, 0.15) is 25.0 Å². The van der Waals surface area contributed by atoms with E-state index in [-0.39, 0.29) is 11.0 Å². The zero-order valence-electron chi connectivity index (χ0n) is 33.0. The molecule has 1 aliphatic rings. The van der Waals surface area contributed by atoms with E-state index >= 15 is 0 Å². The Morgan fingerprint density at radius 2 is 1.10 bits per heavy atom. The van der Waals surface area contributed by atoms with Crippen molar-refractivity contribution in [3.8, 4) is 33.4 Å². The Balaban J connectivity index is 1.00. The fourth-order valence-electron chi connectivity index (χ4n) is 9.52. The van der Waals surface area contributed by atoms with Crippen molar-refractivity contribution in [1.82, 2.24) is 18.8 Å². The summed E-state index contributed by atoms with van der Waals surface area (Å²) in [6.07, 6.45) is 0. The van der Waals surface area contributed by atoms with Crippen LogP contribution in [0, 0.1) is 0 Å². The normalized spacial score (nSPS) is 13.0. The highest BCUT2D eigenvalue weighted by atomic mass is 16.1. The van der Waals surface area contributed by atoms with E-state index in [2.05, 4.69) is 169 Å². The van der Waals surface area contributed by atoms with Crippen LogP contribution >= 0.6 is 0 Å². The highest BCUT2D eigenvalue weighted by molar-refractivity contribution is 6.00. The molecule has 0 atom stereocenters. The second-order valence-electron chi connectivity index (χ2n) is 16.3. The zero-order chi connectivity index (χ0) is 40.1. The Morgan fingerprint density at radius 1 is 0.450 bits per heavy atom. The fourth-order valence-corrected chi connectivity index (χ4v) is 9.52. The maximum Gasteiger partial charge on any atom is 0.268 e. The zero-order valence-corrected chi connectivity index (χ0v) is 33.0. The van der Waals surface area contributed by atoms with Crippen molar-refractivity contribution in [2.45, 2.75) is 19.3 Å². The van der Waals surface area contributed by atoms with E-state index in [4.69, 9.17) is 9.97 Å². The third-order valence-electron chi connectivity index (χ3n) is 12.5. The van der Waals surface area contributed by atoms with E-state index in [0.717, 1.165) is 55.7 Å². The number of hydrogen-bond donors (Lipinski definition) is 0. The van der Waals surface area contributed by atoms with Crippen molar-refractivity contribution in [3.63, 3.8) is 0 Å². The molecule has 0 saturated carbocycles. The first-order valence-corrected chi connectivity index (χ1v) is 20.4. The van der Waals surface area contributed by atoms with Crippen LogP contribution in [0.3, 0.4) is 0 Å². The van der Waals surface area contributed by atoms with Crippen LogP contribution in [0.25, 0.3) is 77.6 Å². The first-order valence-electron chi connectivity index (χ1n) is 20.4. The Hall–Kier alpha value is -7.83. The summed E-state index contributed by atoms with van der Waals surface area (Å²) in [5.74, 6) is 0.545. The van der Waals surface area contributed by atoms with Crippen LogP contribution in [0.5, 0.6) is 0 Å². The minimum atomic E-state index is -0.132. The molecule has 8 aromatic carbocycles. The van der Waals surface area contributed by atoms with Gasteiger partial charge in [-0.3, -0.25) is 9.20 Å². The molecule has 0 radical (unpaired) electrons. The molecule has 284 valence electrons. The lowest BCUT2D eigenvalue weighted by atomic mass is 9.82. The van der Waals surface area contributed by atoms with Gasteiger partial charge in [-0.25, -0.2) is 14.4 Å². The van der Waals surface area contributed by atoms with Crippen LogP contribution in [0.4, 0.5) is 17.1 Å². The number of benzene rings is 8. The Bertz CT molecular complexity index is 3600. The van der Waals surface area contributed by atoms with Gasteiger partial charge in [-0.05, 0) is 117 Å². The van der Waals surface area contributed by atoms with Crippen molar-refractivity contribution in [1.29, 1.82) is 0 Å². The molecule has 1 aliphatic carbocycles. The monoisotopic (exact) mass is 771 g/mol. The molecule has 0 amide bonds. The molecule has 0 spiro atoms. The van der Waals surface area contributed by atoms with Crippen molar-refractivity contribution < 1.29 is 0 Å². The van der Waals surface area contributed by atoms with Gasteiger partial charge in [0, 0.05) is 27.9 Å². The Labute approximate surface area is 345 Å². The highest BCUT2D eigenvalue weighted by Gasteiger charge is 2.35. The lowest BCUT2D eigenvalue weighted by Crippen LogP contribution is -2.18. The first kappa shape index (κ1) is 34.2. The van der Waals surface area contributed by atoms with Gasteiger partial charge >= 0.3 is 0 Å². The van der Waals surface area contributed by atoms with Gasteiger partial charge in [0.2, 0.25) is 5.78 Å². The number of hydrogen-bond acceptors (Lipinski definition) is 4. The van der Waals surface area contributed by atoms with Crippen molar-refractivity contribution in [3.05, 3.63) is 210 Å². The molecule has 6 nitrogen and oxygen atoms in total. The fraction of sp³-hybridized carbons (Fsp3) is 0.0556. The first-order chi connectivity index (χ1) is 29.4. The van der Waals surface area contributed by atoms with E-state index in [1.807, 2.05) is 42.5 Å². The molecular formula is C54H37N5O. The molecular weight excluding hydrogens is 735 g/mol. The molecule has 60 heavy (non-hydrogen) atoms. The topological polar surface area (TPSA) is 54.9 Å². The number of rotatable bonds is 5. The summed E-state index contributed by atoms with van der Waals surface area (Å²) in [6.45, 7) is 4.67. The summed E-state index contributed by atoms with van der Waals surface area (Å²) in [5, 5.41) is 1.45. The number of aromatic nitrogens is 4. The van der Waals surface area contributed by atoms with Gasteiger partial charge in [-0.15, -0.1) is 0 Å². The number of fused-ring (bicyclic) bond motifs is 12. The third kappa shape index (κ3) is 5.04. The largest absolute Gasteiger partial charge is 0.310 e. The summed E-state index contributed by atoms with van der Waals surface area (Å²) in [5.41, 5.74) is 16.7. The number of imidazole rings is 1. The van der Waals surface area contributed by atoms with Crippen molar-refractivity contribution in [2.24, 2.45) is 0 Å². The lowest BCUT2D eigenvalue weighted by Gasteiger charge is -2.28. The van der Waals surface area contributed by atoms with E-state index in [1.165, 1.54) is 27.8 Å². The van der Waals surface area contributed by atoms with E-state index in [1.54, 1.807) is 4.40 Å². The molecule has 0 unspecified atom stereocenters. The average Bonchev–Trinajstić information content (AvgIpc) is 3.79. The maximum absolute atomic E-state index is 14.1. The molecule has 0 bridgehead atoms. The van der Waals surface area contributed by atoms with Crippen LogP contribution in [0.15, 0.2) is 193 Å². The summed E-state index contributed by atoms with van der Waals surface area (Å²) in [6, 6.07) is 65.9. The van der Waals surface area contributed by atoms with Gasteiger partial charge in [0.1, 0.15) is 0 Å². The minimum absolute atomic E-state index is 0.129. The predicted molar refractivity (Wildman–Crippen MR) is 246 cm³/mol. The molecule has 0 N–H and O–H groups in total. The number of para-hydroxylation sites is 2. The third-order valence-corrected chi connectivity index (χ3v) is 12.5. The van der Waals surface area contributed by atoms with Gasteiger partial charge in [-0.2, -0.15) is 0 Å². The molecule has 3 heterocycles. The van der Waals surface area contributed by atoms with Crippen molar-refractivity contribution >= 4 is 61.3 Å². The van der Waals surface area contributed by atoms with Crippen LogP contribution < -0.4 is 10.5 Å². The minimum Gasteiger partial charge on any atom is -0.310 e. The average molecular weight is 772 g/mol.